The average Bonchev–Trinajstić information content (AvgIpc) is 3.52. The molecule has 2 aromatic rings. The number of hydrogen-bond acceptors (Lipinski definition) is 4. The summed E-state index contributed by atoms with van der Waals surface area (Å²) in [5.74, 6) is 0.478. The first kappa shape index (κ1) is 14.7. The van der Waals surface area contributed by atoms with Gasteiger partial charge in [0.05, 0.1) is 5.41 Å². The maximum atomic E-state index is 13.0. The van der Waals surface area contributed by atoms with E-state index >= 15 is 0 Å². The molecule has 1 N–H and O–H groups in total. The molecule has 1 aliphatic heterocycles. The number of rotatable bonds is 4. The van der Waals surface area contributed by atoms with Gasteiger partial charge in [0.15, 0.2) is 5.69 Å². The van der Waals surface area contributed by atoms with Crippen LogP contribution in [0.3, 0.4) is 0 Å². The number of carbonyl (C=O) groups excluding carboxylic acids is 1. The van der Waals surface area contributed by atoms with Crippen molar-refractivity contribution in [3.05, 3.63) is 41.8 Å². The van der Waals surface area contributed by atoms with E-state index in [4.69, 9.17) is 4.42 Å². The van der Waals surface area contributed by atoms with E-state index in [1.165, 1.54) is 0 Å². The van der Waals surface area contributed by atoms with Gasteiger partial charge in [0.25, 0.3) is 5.91 Å². The number of amides is 1. The number of likely N-dealkylation sites (tertiary alicyclic amines) is 1. The van der Waals surface area contributed by atoms with E-state index in [2.05, 4.69) is 4.98 Å². The molecule has 1 aromatic carbocycles. The molecule has 2 aliphatic carbocycles. The van der Waals surface area contributed by atoms with Gasteiger partial charge in [0, 0.05) is 24.6 Å². The number of nitrogens with zero attached hydrogens (tertiary/aromatic N) is 2. The lowest BCUT2D eigenvalue weighted by molar-refractivity contribution is -0.143. The zero-order valence-electron chi connectivity index (χ0n) is 13.6. The van der Waals surface area contributed by atoms with Crippen LogP contribution < -0.4 is 0 Å². The largest absolute Gasteiger partial charge is 0.481 e. The maximum absolute atomic E-state index is 13.0. The zero-order valence-corrected chi connectivity index (χ0v) is 13.6. The molecule has 1 amide bonds. The van der Waals surface area contributed by atoms with Crippen molar-refractivity contribution in [3.8, 4) is 11.5 Å². The molecule has 0 bridgehead atoms. The Morgan fingerprint density at radius 3 is 2.64 bits per heavy atom. The van der Waals surface area contributed by atoms with E-state index in [1.807, 2.05) is 30.3 Å². The van der Waals surface area contributed by atoms with Gasteiger partial charge in [-0.25, -0.2) is 4.98 Å². The highest BCUT2D eigenvalue weighted by Crippen LogP contribution is 2.58. The van der Waals surface area contributed by atoms with E-state index in [1.54, 1.807) is 4.90 Å². The Balaban J connectivity index is 1.46. The standard InChI is InChI=1S/C19H18N2O4/c22-17(21-9-13-8-19(13,10-21)18(23)24)14-15(11-6-7-11)25-16(20-14)12-4-2-1-3-5-12/h1-5,11,13H,6-10H2,(H,23,24)/t13-,19-/m1/s1. The van der Waals surface area contributed by atoms with Gasteiger partial charge in [-0.15, -0.1) is 0 Å². The van der Waals surface area contributed by atoms with Crippen molar-refractivity contribution in [1.29, 1.82) is 0 Å². The second kappa shape index (κ2) is 4.94. The number of oxazole rings is 1. The molecule has 1 aromatic heterocycles. The molecule has 3 fully saturated rings. The number of carbonyl (C=O) groups is 2. The smallest absolute Gasteiger partial charge is 0.311 e. The minimum Gasteiger partial charge on any atom is -0.481 e. The molecule has 6 heteroatoms. The van der Waals surface area contributed by atoms with Crippen LogP contribution in [0, 0.1) is 11.3 Å². The highest BCUT2D eigenvalue weighted by atomic mass is 16.4. The molecule has 1 saturated heterocycles. The highest BCUT2D eigenvalue weighted by Gasteiger charge is 2.66. The summed E-state index contributed by atoms with van der Waals surface area (Å²) in [7, 11) is 0. The molecule has 5 rings (SSSR count). The third-order valence-electron chi connectivity index (χ3n) is 5.68. The van der Waals surface area contributed by atoms with Crippen LogP contribution in [0.1, 0.15) is 41.4 Å². The number of piperidine rings is 1. The lowest BCUT2D eigenvalue weighted by Gasteiger charge is -2.18. The Hall–Kier alpha value is -2.63. The topological polar surface area (TPSA) is 83.6 Å². The minimum absolute atomic E-state index is 0.0822. The summed E-state index contributed by atoms with van der Waals surface area (Å²) in [6, 6.07) is 9.54. The van der Waals surface area contributed by atoms with Gasteiger partial charge in [0.1, 0.15) is 5.76 Å². The summed E-state index contributed by atoms with van der Waals surface area (Å²) < 4.78 is 5.94. The number of fused-ring (bicyclic) bond motifs is 1. The Kier molecular flexibility index (Phi) is 2.90. The Morgan fingerprint density at radius 1 is 1.24 bits per heavy atom. The van der Waals surface area contributed by atoms with Crippen molar-refractivity contribution in [2.45, 2.75) is 25.2 Å². The Labute approximate surface area is 144 Å². The SMILES string of the molecule is O=C(c1nc(-c2ccccc2)oc1C1CC1)N1C[C@H]2C[C@@]2(C(=O)O)C1. The predicted molar refractivity (Wildman–Crippen MR) is 88.0 cm³/mol. The number of aromatic nitrogens is 1. The van der Waals surface area contributed by atoms with Crippen molar-refractivity contribution in [2.75, 3.05) is 13.1 Å². The second-order valence-corrected chi connectivity index (χ2v) is 7.42. The van der Waals surface area contributed by atoms with Crippen LogP contribution in [-0.2, 0) is 4.79 Å². The van der Waals surface area contributed by atoms with Crippen LogP contribution in [0.25, 0.3) is 11.5 Å². The van der Waals surface area contributed by atoms with Crippen molar-refractivity contribution >= 4 is 11.9 Å². The summed E-state index contributed by atoms with van der Waals surface area (Å²) in [4.78, 5) is 30.6. The number of hydrogen-bond donors (Lipinski definition) is 1. The maximum Gasteiger partial charge on any atom is 0.311 e. The van der Waals surface area contributed by atoms with Crippen molar-refractivity contribution in [2.24, 2.45) is 11.3 Å². The molecule has 0 unspecified atom stereocenters. The molecule has 2 atom stereocenters. The van der Waals surface area contributed by atoms with Crippen LogP contribution in [-0.4, -0.2) is 40.0 Å². The third kappa shape index (κ3) is 2.20. The van der Waals surface area contributed by atoms with Gasteiger partial charge >= 0.3 is 5.97 Å². The normalized spacial score (nSPS) is 27.2. The molecule has 2 heterocycles. The van der Waals surface area contributed by atoms with Gasteiger partial charge in [-0.3, -0.25) is 9.59 Å². The quantitative estimate of drug-likeness (QED) is 0.927. The summed E-state index contributed by atoms with van der Waals surface area (Å²) in [6.45, 7) is 0.784. The monoisotopic (exact) mass is 338 g/mol. The summed E-state index contributed by atoms with van der Waals surface area (Å²) in [5, 5.41) is 9.42. The third-order valence-corrected chi connectivity index (χ3v) is 5.68. The minimum atomic E-state index is -0.791. The van der Waals surface area contributed by atoms with Crippen molar-refractivity contribution < 1.29 is 19.1 Å². The van der Waals surface area contributed by atoms with Crippen LogP contribution in [0.2, 0.25) is 0 Å². The first-order valence-corrected chi connectivity index (χ1v) is 8.67. The van der Waals surface area contributed by atoms with Gasteiger partial charge in [0.2, 0.25) is 5.89 Å². The zero-order chi connectivity index (χ0) is 17.2. The van der Waals surface area contributed by atoms with Gasteiger partial charge in [-0.05, 0) is 37.3 Å². The second-order valence-electron chi connectivity index (χ2n) is 7.42. The fourth-order valence-electron chi connectivity index (χ4n) is 3.93. The molecule has 0 spiro atoms. The lowest BCUT2D eigenvalue weighted by Crippen LogP contribution is -2.34. The van der Waals surface area contributed by atoms with Gasteiger partial charge < -0.3 is 14.4 Å². The highest BCUT2D eigenvalue weighted by molar-refractivity contribution is 5.95. The van der Waals surface area contributed by atoms with E-state index in [-0.39, 0.29) is 24.3 Å². The van der Waals surface area contributed by atoms with Crippen molar-refractivity contribution in [3.63, 3.8) is 0 Å². The molecule has 0 radical (unpaired) electrons. The molecule has 3 aliphatic rings. The van der Waals surface area contributed by atoms with E-state index in [0.29, 0.717) is 30.3 Å². The van der Waals surface area contributed by atoms with Gasteiger partial charge in [-0.1, -0.05) is 18.2 Å². The first-order chi connectivity index (χ1) is 12.1. The summed E-state index contributed by atoms with van der Waals surface area (Å²) in [6.07, 6.45) is 2.69. The molecule has 2 saturated carbocycles. The molecule has 25 heavy (non-hydrogen) atoms. The van der Waals surface area contributed by atoms with Gasteiger partial charge in [-0.2, -0.15) is 0 Å². The van der Waals surface area contributed by atoms with Crippen LogP contribution in [0.4, 0.5) is 0 Å². The first-order valence-electron chi connectivity index (χ1n) is 8.67. The molecular weight excluding hydrogens is 320 g/mol. The number of carboxylic acid groups (broad SMARTS) is 1. The number of benzene rings is 1. The fourth-order valence-corrected chi connectivity index (χ4v) is 3.93. The number of carboxylic acids is 1. The van der Waals surface area contributed by atoms with Crippen molar-refractivity contribution in [1.82, 2.24) is 9.88 Å². The lowest BCUT2D eigenvalue weighted by atomic mass is 10.1. The fraction of sp³-hybridized carbons (Fsp3) is 0.421. The summed E-state index contributed by atoms with van der Waals surface area (Å²) in [5.41, 5.74) is 0.486. The summed E-state index contributed by atoms with van der Waals surface area (Å²) >= 11 is 0. The molecular formula is C19H18N2O4. The average molecular weight is 338 g/mol. The van der Waals surface area contributed by atoms with E-state index in [0.717, 1.165) is 18.4 Å². The molecule has 6 nitrogen and oxygen atoms in total. The predicted octanol–water partition coefficient (Wildman–Crippen LogP) is 2.77. The van der Waals surface area contributed by atoms with E-state index < -0.39 is 11.4 Å². The molecule has 128 valence electrons. The Morgan fingerprint density at radius 2 is 2.00 bits per heavy atom. The van der Waals surface area contributed by atoms with Crippen LogP contribution in [0.5, 0.6) is 0 Å². The van der Waals surface area contributed by atoms with E-state index in [9.17, 15) is 14.7 Å². The van der Waals surface area contributed by atoms with Crippen LogP contribution >= 0.6 is 0 Å². The number of aliphatic carboxylic acids is 1. The van der Waals surface area contributed by atoms with Crippen LogP contribution in [0.15, 0.2) is 34.7 Å². The Bertz CT molecular complexity index is 871.